The number of carbonyl (C=O) groups is 1. The number of ether oxygens (including phenoxy) is 1. The van der Waals surface area contributed by atoms with Crippen LogP contribution in [0.2, 0.25) is 5.02 Å². The predicted octanol–water partition coefficient (Wildman–Crippen LogP) is 4.83. The van der Waals surface area contributed by atoms with Gasteiger partial charge in [-0.1, -0.05) is 23.7 Å². The molecule has 4 aromatic rings. The normalized spacial score (nSPS) is 14.6. The van der Waals surface area contributed by atoms with Gasteiger partial charge in [-0.3, -0.25) is 9.69 Å². The molecule has 1 N–H and O–H groups in total. The Morgan fingerprint density at radius 2 is 1.88 bits per heavy atom. The summed E-state index contributed by atoms with van der Waals surface area (Å²) in [5.74, 6) is 2.34. The quantitative estimate of drug-likeness (QED) is 0.403. The lowest BCUT2D eigenvalue weighted by Gasteiger charge is -2.31. The summed E-state index contributed by atoms with van der Waals surface area (Å²) in [6, 6.07) is 13.7. The van der Waals surface area contributed by atoms with Crippen LogP contribution in [0.15, 0.2) is 52.9 Å². The van der Waals surface area contributed by atoms with Gasteiger partial charge in [0.15, 0.2) is 5.82 Å². The summed E-state index contributed by atoms with van der Waals surface area (Å²) >= 11 is 6.27. The maximum absolute atomic E-state index is 13.0. The Morgan fingerprint density at radius 3 is 2.53 bits per heavy atom. The van der Waals surface area contributed by atoms with Gasteiger partial charge < -0.3 is 14.3 Å². The molecule has 0 saturated carbocycles. The lowest BCUT2D eigenvalue weighted by molar-refractivity contribution is -0.122. The molecule has 10 heteroatoms. The van der Waals surface area contributed by atoms with Gasteiger partial charge in [0.2, 0.25) is 0 Å². The van der Waals surface area contributed by atoms with E-state index in [1.165, 1.54) is 12.1 Å². The number of nitrogens with zero attached hydrogens (tertiary/aromatic N) is 4. The van der Waals surface area contributed by atoms with E-state index in [1.807, 2.05) is 31.2 Å². The fourth-order valence-electron chi connectivity index (χ4n) is 3.88. The highest BCUT2D eigenvalue weighted by atomic mass is 35.5. The summed E-state index contributed by atoms with van der Waals surface area (Å²) in [7, 11) is 0. The molecule has 8 nitrogen and oxygen atoms in total. The molecule has 34 heavy (non-hydrogen) atoms. The number of aryl methyl sites for hydroxylation is 1. The second-order valence-electron chi connectivity index (χ2n) is 7.87. The van der Waals surface area contributed by atoms with Crippen molar-refractivity contribution < 1.29 is 23.4 Å². The first-order valence-corrected chi connectivity index (χ1v) is 11.2. The van der Waals surface area contributed by atoms with Crippen molar-refractivity contribution in [1.82, 2.24) is 19.5 Å². The summed E-state index contributed by atoms with van der Waals surface area (Å²) < 4.78 is 26.8. The van der Waals surface area contributed by atoms with Crippen LogP contribution >= 0.6 is 11.6 Å². The van der Waals surface area contributed by atoms with Crippen LogP contribution in [0.4, 0.5) is 4.39 Å². The van der Waals surface area contributed by atoms with E-state index < -0.39 is 0 Å². The zero-order valence-electron chi connectivity index (χ0n) is 18.5. The van der Waals surface area contributed by atoms with Crippen molar-refractivity contribution >= 4 is 23.9 Å². The van der Waals surface area contributed by atoms with Gasteiger partial charge in [0, 0.05) is 18.7 Å². The third kappa shape index (κ3) is 5.37. The molecule has 1 fully saturated rings. The number of likely N-dealkylation sites (tertiary alicyclic amines) is 1. The van der Waals surface area contributed by atoms with Crippen molar-refractivity contribution in [3.05, 3.63) is 70.8 Å². The second-order valence-corrected chi connectivity index (χ2v) is 8.28. The first-order valence-electron chi connectivity index (χ1n) is 10.8. The van der Waals surface area contributed by atoms with E-state index in [1.54, 1.807) is 16.6 Å². The van der Waals surface area contributed by atoms with Gasteiger partial charge >= 0.3 is 5.84 Å². The topological polar surface area (TPSA) is 93.1 Å². The minimum atomic E-state index is -0.254. The van der Waals surface area contributed by atoms with Crippen molar-refractivity contribution in [2.45, 2.75) is 32.4 Å². The van der Waals surface area contributed by atoms with Gasteiger partial charge in [0.25, 0.3) is 6.47 Å². The lowest BCUT2D eigenvalue weighted by Crippen LogP contribution is -2.37. The molecule has 1 aliphatic rings. The average Bonchev–Trinajstić information content (AvgIpc) is 3.37. The molecule has 3 heterocycles. The molecule has 0 amide bonds. The standard InChI is InChI=1S/C23H22ClFN4O2.CH2O2/c1-15-21(31-23-26-22(27-29(15)23)19-4-2-3-5-20(19)24)14-28-12-10-18(11-13-28)30-17-8-6-16(25)7-9-17;2-1-3/h2-9,18H,10-14H2,1H3;1H,(H,2,3). The predicted molar refractivity (Wildman–Crippen MR) is 124 cm³/mol. The molecule has 2 aromatic heterocycles. The van der Waals surface area contributed by atoms with Crippen LogP contribution in [0, 0.1) is 12.7 Å². The van der Waals surface area contributed by atoms with Gasteiger partial charge in [-0.25, -0.2) is 4.39 Å². The van der Waals surface area contributed by atoms with E-state index in [9.17, 15) is 4.39 Å². The monoisotopic (exact) mass is 486 g/mol. The number of oxazole rings is 1. The minimum Gasteiger partial charge on any atom is -0.490 e. The second kappa shape index (κ2) is 10.7. The van der Waals surface area contributed by atoms with E-state index in [-0.39, 0.29) is 18.4 Å². The summed E-state index contributed by atoms with van der Waals surface area (Å²) in [4.78, 5) is 15.2. The van der Waals surface area contributed by atoms with E-state index in [0.29, 0.717) is 29.0 Å². The smallest absolute Gasteiger partial charge is 0.325 e. The third-order valence-electron chi connectivity index (χ3n) is 5.65. The number of fused-ring (bicyclic) bond motifs is 1. The van der Waals surface area contributed by atoms with Crippen LogP contribution in [-0.4, -0.2) is 50.3 Å². The Hall–Kier alpha value is -3.43. The van der Waals surface area contributed by atoms with Crippen LogP contribution in [0.1, 0.15) is 24.3 Å². The van der Waals surface area contributed by atoms with Gasteiger partial charge in [0.05, 0.1) is 17.3 Å². The molecule has 0 radical (unpaired) electrons. The van der Waals surface area contributed by atoms with Crippen LogP contribution in [0.3, 0.4) is 0 Å². The highest BCUT2D eigenvalue weighted by Gasteiger charge is 2.24. The Bertz CT molecular complexity index is 1250. The number of rotatable bonds is 5. The van der Waals surface area contributed by atoms with Crippen LogP contribution in [0.5, 0.6) is 5.75 Å². The fourth-order valence-corrected chi connectivity index (χ4v) is 4.10. The van der Waals surface area contributed by atoms with E-state index in [4.69, 9.17) is 30.7 Å². The maximum atomic E-state index is 13.0. The largest absolute Gasteiger partial charge is 0.490 e. The molecule has 0 spiro atoms. The molecule has 0 aliphatic carbocycles. The SMILES string of the molecule is Cc1c(CN2CCC(Oc3ccc(F)cc3)CC2)oc2nc(-c3ccccc3Cl)nn12.O=CO. The number of benzene rings is 2. The average molecular weight is 487 g/mol. The summed E-state index contributed by atoms with van der Waals surface area (Å²) in [6.07, 6.45) is 1.95. The molecule has 1 aliphatic heterocycles. The Morgan fingerprint density at radius 1 is 1.21 bits per heavy atom. The zero-order chi connectivity index (χ0) is 24.1. The number of hydrogen-bond donors (Lipinski definition) is 1. The molecule has 0 atom stereocenters. The van der Waals surface area contributed by atoms with Crippen molar-refractivity contribution in [1.29, 1.82) is 0 Å². The molecular weight excluding hydrogens is 463 g/mol. The zero-order valence-corrected chi connectivity index (χ0v) is 19.3. The van der Waals surface area contributed by atoms with E-state index in [2.05, 4.69) is 15.0 Å². The van der Waals surface area contributed by atoms with Crippen LogP contribution in [0.25, 0.3) is 17.2 Å². The molecule has 2 aromatic carbocycles. The Balaban J connectivity index is 0.000000868. The fraction of sp³-hybridized carbons (Fsp3) is 0.292. The number of hydrogen-bond acceptors (Lipinski definition) is 6. The first-order chi connectivity index (χ1) is 16.5. The van der Waals surface area contributed by atoms with Gasteiger partial charge in [0.1, 0.15) is 23.4 Å². The minimum absolute atomic E-state index is 0.136. The van der Waals surface area contributed by atoms with Gasteiger partial charge in [-0.15, -0.1) is 5.10 Å². The summed E-state index contributed by atoms with van der Waals surface area (Å²) in [5.41, 5.74) is 1.72. The lowest BCUT2D eigenvalue weighted by atomic mass is 10.1. The molecule has 0 unspecified atom stereocenters. The van der Waals surface area contributed by atoms with Crippen molar-refractivity contribution in [2.75, 3.05) is 13.1 Å². The highest BCUT2D eigenvalue weighted by Crippen LogP contribution is 2.27. The van der Waals surface area contributed by atoms with E-state index in [0.717, 1.165) is 42.9 Å². The van der Waals surface area contributed by atoms with E-state index >= 15 is 0 Å². The maximum Gasteiger partial charge on any atom is 0.325 e. The summed E-state index contributed by atoms with van der Waals surface area (Å²) in [6.45, 7) is 4.22. The Kier molecular flexibility index (Phi) is 7.44. The van der Waals surface area contributed by atoms with Crippen LogP contribution in [-0.2, 0) is 11.3 Å². The van der Waals surface area contributed by atoms with Crippen molar-refractivity contribution in [2.24, 2.45) is 0 Å². The highest BCUT2D eigenvalue weighted by molar-refractivity contribution is 6.33. The number of aromatic nitrogens is 3. The molecule has 178 valence electrons. The van der Waals surface area contributed by atoms with Crippen LogP contribution < -0.4 is 4.74 Å². The molecular formula is C24H24ClFN4O4. The number of carboxylic acid groups (broad SMARTS) is 1. The van der Waals surface area contributed by atoms with Gasteiger partial charge in [-0.05, 0) is 56.2 Å². The Labute approximate surface area is 200 Å². The third-order valence-corrected chi connectivity index (χ3v) is 5.98. The number of piperidine rings is 1. The molecule has 5 rings (SSSR count). The molecule has 0 bridgehead atoms. The number of halogens is 2. The summed E-state index contributed by atoms with van der Waals surface area (Å²) in [5, 5.41) is 12.1. The van der Waals surface area contributed by atoms with Crippen molar-refractivity contribution in [3.63, 3.8) is 0 Å². The van der Waals surface area contributed by atoms with Crippen molar-refractivity contribution in [3.8, 4) is 17.1 Å². The van der Waals surface area contributed by atoms with Gasteiger partial charge in [-0.2, -0.15) is 9.50 Å². The molecule has 1 saturated heterocycles. The first kappa shape index (κ1) is 23.7.